The van der Waals surface area contributed by atoms with E-state index in [-0.39, 0.29) is 0 Å². The summed E-state index contributed by atoms with van der Waals surface area (Å²) in [7, 11) is 0. The fourth-order valence-electron chi connectivity index (χ4n) is 4.11. The number of nitrogens with zero attached hydrogens (tertiary/aromatic N) is 1. The Balaban J connectivity index is 0.000000815. The Morgan fingerprint density at radius 3 is 2.58 bits per heavy atom. The summed E-state index contributed by atoms with van der Waals surface area (Å²) in [4.78, 5) is 4.80. The van der Waals surface area contributed by atoms with Gasteiger partial charge >= 0.3 is 0 Å². The van der Waals surface area contributed by atoms with Crippen molar-refractivity contribution in [2.75, 3.05) is 13.1 Å². The first-order valence-electron chi connectivity index (χ1n) is 9.26. The molecule has 3 heteroatoms. The number of benzene rings is 1. The summed E-state index contributed by atoms with van der Waals surface area (Å²) in [5.74, 6) is 1.10. The van der Waals surface area contributed by atoms with Crippen LogP contribution in [0, 0.1) is 5.92 Å². The molecule has 1 aromatic heterocycles. The minimum Gasteiger partial charge on any atom is -0.317 e. The van der Waals surface area contributed by atoms with Crippen molar-refractivity contribution in [3.8, 4) is 0 Å². The Kier molecular flexibility index (Phi) is 5.91. The third-order valence-corrected chi connectivity index (χ3v) is 5.41. The number of hydrogen-bond acceptors (Lipinski definition) is 2. The second-order valence-electron chi connectivity index (χ2n) is 6.46. The van der Waals surface area contributed by atoms with Crippen LogP contribution >= 0.6 is 11.6 Å². The summed E-state index contributed by atoms with van der Waals surface area (Å²) in [5.41, 5.74) is 5.58. The number of piperidine rings is 1. The molecule has 2 aliphatic rings. The first kappa shape index (κ1) is 17.4. The minimum absolute atomic E-state index is 0.424. The van der Waals surface area contributed by atoms with Crippen molar-refractivity contribution >= 4 is 11.6 Å². The number of halogens is 1. The van der Waals surface area contributed by atoms with Crippen LogP contribution < -0.4 is 5.32 Å². The molecule has 1 N–H and O–H groups in total. The maximum atomic E-state index is 6.25. The van der Waals surface area contributed by atoms with Crippen molar-refractivity contribution in [2.24, 2.45) is 5.92 Å². The van der Waals surface area contributed by atoms with Gasteiger partial charge in [-0.2, -0.15) is 0 Å². The molecule has 1 fully saturated rings. The van der Waals surface area contributed by atoms with E-state index in [9.17, 15) is 0 Å². The van der Waals surface area contributed by atoms with E-state index < -0.39 is 0 Å². The van der Waals surface area contributed by atoms with Crippen molar-refractivity contribution in [3.05, 3.63) is 63.9 Å². The number of fused-ring (bicyclic) bond motifs is 2. The zero-order valence-electron chi connectivity index (χ0n) is 14.7. The van der Waals surface area contributed by atoms with Gasteiger partial charge < -0.3 is 5.32 Å². The number of aryl methyl sites for hydroxylation is 2. The quantitative estimate of drug-likeness (QED) is 0.789. The number of rotatable bonds is 1. The van der Waals surface area contributed by atoms with Gasteiger partial charge in [0.2, 0.25) is 0 Å². The average molecular weight is 343 g/mol. The molecule has 1 atom stereocenters. The standard InChI is InChI=1S/C19H21ClN2.C2H6/c20-16-5-6-17-15(12-16)4-3-14-2-1-9-22-19(14)18(17)13-7-10-21-11-8-13;1-2/h1-2,5-6,9,12-13,18,21H,3-4,7-8,10-11H2;1-2H3. The summed E-state index contributed by atoms with van der Waals surface area (Å²) in [6.45, 7) is 6.23. The molecule has 24 heavy (non-hydrogen) atoms. The molecule has 1 unspecified atom stereocenters. The lowest BCUT2D eigenvalue weighted by Crippen LogP contribution is -2.31. The maximum Gasteiger partial charge on any atom is 0.0513 e. The van der Waals surface area contributed by atoms with Crippen molar-refractivity contribution in [1.82, 2.24) is 10.3 Å². The van der Waals surface area contributed by atoms with Crippen LogP contribution in [0.5, 0.6) is 0 Å². The SMILES string of the molecule is CC.Clc1ccc2c(c1)CCc1cccnc1C2C1CCNCC1. The molecule has 2 nitrogen and oxygen atoms in total. The summed E-state index contributed by atoms with van der Waals surface area (Å²) in [6, 6.07) is 10.8. The molecule has 0 bridgehead atoms. The fraction of sp³-hybridized carbons (Fsp3) is 0.476. The highest BCUT2D eigenvalue weighted by atomic mass is 35.5. The molecule has 0 saturated carbocycles. The van der Waals surface area contributed by atoms with Gasteiger partial charge in [0.25, 0.3) is 0 Å². The molecule has 4 rings (SSSR count). The average Bonchev–Trinajstić information content (AvgIpc) is 2.81. The van der Waals surface area contributed by atoms with E-state index in [0.717, 1.165) is 31.0 Å². The minimum atomic E-state index is 0.424. The first-order valence-corrected chi connectivity index (χ1v) is 9.63. The van der Waals surface area contributed by atoms with Gasteiger partial charge in [-0.15, -0.1) is 0 Å². The molecule has 0 amide bonds. The second-order valence-corrected chi connectivity index (χ2v) is 6.89. The van der Waals surface area contributed by atoms with E-state index in [1.807, 2.05) is 26.1 Å². The molecule has 2 aromatic rings. The van der Waals surface area contributed by atoms with Gasteiger partial charge in [-0.05, 0) is 79.6 Å². The third kappa shape index (κ3) is 3.50. The van der Waals surface area contributed by atoms with Crippen molar-refractivity contribution in [1.29, 1.82) is 0 Å². The Hall–Kier alpha value is -1.38. The van der Waals surface area contributed by atoms with Gasteiger partial charge in [0.05, 0.1) is 5.69 Å². The summed E-state index contributed by atoms with van der Waals surface area (Å²) >= 11 is 6.25. The zero-order chi connectivity index (χ0) is 16.9. The van der Waals surface area contributed by atoms with Crippen LogP contribution in [0.3, 0.4) is 0 Å². The van der Waals surface area contributed by atoms with E-state index in [4.69, 9.17) is 16.6 Å². The predicted molar refractivity (Wildman–Crippen MR) is 102 cm³/mol. The van der Waals surface area contributed by atoms with Crippen molar-refractivity contribution in [2.45, 2.75) is 45.4 Å². The molecule has 1 saturated heterocycles. The molecule has 1 aliphatic carbocycles. The maximum absolute atomic E-state index is 6.25. The summed E-state index contributed by atoms with van der Waals surface area (Å²) < 4.78 is 0. The fourth-order valence-corrected chi connectivity index (χ4v) is 4.30. The number of hydrogen-bond donors (Lipinski definition) is 1. The van der Waals surface area contributed by atoms with Crippen LogP contribution in [0.25, 0.3) is 0 Å². The van der Waals surface area contributed by atoms with Crippen LogP contribution in [-0.2, 0) is 12.8 Å². The first-order chi connectivity index (χ1) is 11.8. The Morgan fingerprint density at radius 2 is 1.79 bits per heavy atom. The lowest BCUT2D eigenvalue weighted by atomic mass is 9.77. The Bertz CT molecular complexity index is 677. The highest BCUT2D eigenvalue weighted by molar-refractivity contribution is 6.30. The van der Waals surface area contributed by atoms with Gasteiger partial charge in [0.1, 0.15) is 0 Å². The van der Waals surface area contributed by atoms with Crippen molar-refractivity contribution < 1.29 is 0 Å². The molecule has 0 spiro atoms. The van der Waals surface area contributed by atoms with Gasteiger partial charge in [-0.25, -0.2) is 0 Å². The van der Waals surface area contributed by atoms with Crippen LogP contribution in [0.1, 0.15) is 55.0 Å². The normalized spacial score (nSPS) is 20.2. The highest BCUT2D eigenvalue weighted by Gasteiger charge is 2.32. The van der Waals surface area contributed by atoms with E-state index in [1.165, 1.54) is 35.2 Å². The molecule has 128 valence electrons. The van der Waals surface area contributed by atoms with Gasteiger partial charge in [-0.3, -0.25) is 4.98 Å². The predicted octanol–water partition coefficient (Wildman–Crippen LogP) is 4.99. The summed E-state index contributed by atoms with van der Waals surface area (Å²) in [5, 5.41) is 4.33. The monoisotopic (exact) mass is 342 g/mol. The molecule has 0 radical (unpaired) electrons. The molecular formula is C21H27ClN2. The molecule has 1 aromatic carbocycles. The van der Waals surface area contributed by atoms with Gasteiger partial charge in [0.15, 0.2) is 0 Å². The topological polar surface area (TPSA) is 24.9 Å². The smallest absolute Gasteiger partial charge is 0.0513 e. The van der Waals surface area contributed by atoms with Gasteiger partial charge in [0, 0.05) is 17.1 Å². The largest absolute Gasteiger partial charge is 0.317 e. The molecule has 2 heterocycles. The molecule has 1 aliphatic heterocycles. The van der Waals surface area contributed by atoms with E-state index in [0.29, 0.717) is 11.8 Å². The second kappa shape index (κ2) is 8.13. The zero-order valence-corrected chi connectivity index (χ0v) is 15.4. The van der Waals surface area contributed by atoms with Crippen molar-refractivity contribution in [3.63, 3.8) is 0 Å². The number of aromatic nitrogens is 1. The van der Waals surface area contributed by atoms with E-state index in [1.54, 1.807) is 0 Å². The highest BCUT2D eigenvalue weighted by Crippen LogP contribution is 2.41. The van der Waals surface area contributed by atoms with Crippen LogP contribution in [0.2, 0.25) is 5.02 Å². The lowest BCUT2D eigenvalue weighted by Gasteiger charge is -2.32. The van der Waals surface area contributed by atoms with Crippen LogP contribution in [0.15, 0.2) is 36.5 Å². The number of pyridine rings is 1. The van der Waals surface area contributed by atoms with Crippen LogP contribution in [-0.4, -0.2) is 18.1 Å². The summed E-state index contributed by atoms with van der Waals surface area (Å²) in [6.07, 6.45) is 6.54. The Labute approximate surface area is 150 Å². The van der Waals surface area contributed by atoms with E-state index in [2.05, 4.69) is 29.6 Å². The number of nitrogens with one attached hydrogen (secondary N) is 1. The molecular weight excluding hydrogens is 316 g/mol. The third-order valence-electron chi connectivity index (χ3n) is 5.18. The van der Waals surface area contributed by atoms with Gasteiger partial charge in [-0.1, -0.05) is 37.6 Å². The Morgan fingerprint density at radius 1 is 1.04 bits per heavy atom. The van der Waals surface area contributed by atoms with E-state index >= 15 is 0 Å². The van der Waals surface area contributed by atoms with Crippen LogP contribution in [0.4, 0.5) is 0 Å². The lowest BCUT2D eigenvalue weighted by molar-refractivity contribution is 0.338.